The van der Waals surface area contributed by atoms with Crippen molar-refractivity contribution in [3.8, 4) is 0 Å². The number of ether oxygens (including phenoxy) is 3. The van der Waals surface area contributed by atoms with E-state index in [0.717, 1.165) is 6.42 Å². The summed E-state index contributed by atoms with van der Waals surface area (Å²) in [7, 11) is 0. The third-order valence-electron chi connectivity index (χ3n) is 6.31. The van der Waals surface area contributed by atoms with Crippen LogP contribution in [-0.4, -0.2) is 42.5 Å². The smallest absolute Gasteiger partial charge is 0.344 e. The van der Waals surface area contributed by atoms with E-state index in [1.54, 1.807) is 32.0 Å². The Bertz CT molecular complexity index is 975. The first-order chi connectivity index (χ1) is 15.7. The molecule has 0 aliphatic heterocycles. The second kappa shape index (κ2) is 10.1. The molecule has 0 amide bonds. The predicted molar refractivity (Wildman–Crippen MR) is 120 cm³/mol. The molecule has 0 radical (unpaired) electrons. The van der Waals surface area contributed by atoms with E-state index < -0.39 is 47.2 Å². The number of esters is 2. The standard InChI is InChI=1S/C22H26Cl2FN3O5/c1-4-7-16(12-8-9-14(23)15(24)10-12)33-17-11-13-18(21(13,25)19(29)31-5-2)22(17,27-28-26)20(30)32-6-3/h8-10,13,16-18H,4-7,11H2,1-3H3/t13-,16-,17-,18+,21-,22+/m1/s1. The number of azide groups is 1. The van der Waals surface area contributed by atoms with Gasteiger partial charge >= 0.3 is 11.9 Å². The van der Waals surface area contributed by atoms with Gasteiger partial charge in [0.2, 0.25) is 5.67 Å². The molecule has 2 aliphatic carbocycles. The number of hydrogen-bond donors (Lipinski definition) is 0. The van der Waals surface area contributed by atoms with Crippen LogP contribution >= 0.6 is 23.2 Å². The van der Waals surface area contributed by atoms with Crippen LogP contribution in [0.5, 0.6) is 0 Å². The zero-order chi connectivity index (χ0) is 24.4. The van der Waals surface area contributed by atoms with Gasteiger partial charge in [-0.3, -0.25) is 4.79 Å². The molecule has 0 spiro atoms. The summed E-state index contributed by atoms with van der Waals surface area (Å²) in [4.78, 5) is 28.3. The number of rotatable bonds is 10. The van der Waals surface area contributed by atoms with Gasteiger partial charge in [0.25, 0.3) is 0 Å². The van der Waals surface area contributed by atoms with E-state index in [1.165, 1.54) is 0 Å². The van der Waals surface area contributed by atoms with Gasteiger partial charge in [0.1, 0.15) is 0 Å². The van der Waals surface area contributed by atoms with Gasteiger partial charge in [0, 0.05) is 16.7 Å². The first-order valence-corrected chi connectivity index (χ1v) is 11.7. The second-order valence-electron chi connectivity index (χ2n) is 8.12. The molecule has 180 valence electrons. The average Bonchev–Trinajstić information content (AvgIpc) is 3.23. The molecule has 1 aromatic rings. The van der Waals surface area contributed by atoms with Gasteiger partial charge in [-0.2, -0.15) is 0 Å². The number of hydrogen-bond acceptors (Lipinski definition) is 6. The van der Waals surface area contributed by atoms with Crippen LogP contribution < -0.4 is 0 Å². The molecule has 0 bridgehead atoms. The summed E-state index contributed by atoms with van der Waals surface area (Å²) in [6.07, 6.45) is -0.274. The van der Waals surface area contributed by atoms with E-state index >= 15 is 4.39 Å². The Morgan fingerprint density at radius 3 is 2.45 bits per heavy atom. The molecular formula is C22H26Cl2FN3O5. The Morgan fingerprint density at radius 1 is 1.21 bits per heavy atom. The van der Waals surface area contributed by atoms with Gasteiger partial charge in [-0.1, -0.05) is 47.7 Å². The molecule has 0 aromatic heterocycles. The molecule has 1 aromatic carbocycles. The Labute approximate surface area is 201 Å². The lowest BCUT2D eigenvalue weighted by Gasteiger charge is -2.35. The van der Waals surface area contributed by atoms with Crippen molar-refractivity contribution in [2.24, 2.45) is 17.0 Å². The summed E-state index contributed by atoms with van der Waals surface area (Å²) in [6.45, 7) is 5.06. The maximum atomic E-state index is 15.7. The van der Waals surface area contributed by atoms with Crippen molar-refractivity contribution in [3.63, 3.8) is 0 Å². The fourth-order valence-electron chi connectivity index (χ4n) is 4.88. The van der Waals surface area contributed by atoms with Crippen LogP contribution in [0.25, 0.3) is 10.4 Å². The van der Waals surface area contributed by atoms with Crippen LogP contribution in [0.2, 0.25) is 10.0 Å². The van der Waals surface area contributed by atoms with E-state index in [9.17, 15) is 15.1 Å². The fourth-order valence-corrected chi connectivity index (χ4v) is 5.19. The first-order valence-electron chi connectivity index (χ1n) is 10.9. The number of benzene rings is 1. The summed E-state index contributed by atoms with van der Waals surface area (Å²) in [5.74, 6) is -4.13. The lowest BCUT2D eigenvalue weighted by atomic mass is 9.87. The van der Waals surface area contributed by atoms with Gasteiger partial charge in [-0.15, -0.1) is 0 Å². The summed E-state index contributed by atoms with van der Waals surface area (Å²) in [5.41, 5.74) is 5.55. The minimum atomic E-state index is -2.44. The maximum absolute atomic E-state index is 15.7. The van der Waals surface area contributed by atoms with E-state index in [1.807, 2.05) is 6.92 Å². The molecule has 3 rings (SSSR count). The third kappa shape index (κ3) is 4.28. The summed E-state index contributed by atoms with van der Waals surface area (Å²) in [6, 6.07) is 5.05. The Morgan fingerprint density at radius 2 is 1.88 bits per heavy atom. The molecule has 2 saturated carbocycles. The number of alkyl halides is 1. The first kappa shape index (κ1) is 25.6. The van der Waals surface area contributed by atoms with Crippen molar-refractivity contribution >= 4 is 35.1 Å². The van der Waals surface area contributed by atoms with E-state index in [-0.39, 0.29) is 19.6 Å². The van der Waals surface area contributed by atoms with Gasteiger partial charge < -0.3 is 14.2 Å². The Balaban J connectivity index is 2.01. The van der Waals surface area contributed by atoms with E-state index in [0.29, 0.717) is 22.0 Å². The lowest BCUT2D eigenvalue weighted by Crippen LogP contribution is -2.53. The van der Waals surface area contributed by atoms with Crippen molar-refractivity contribution in [1.29, 1.82) is 0 Å². The number of carbonyl (C=O) groups is 2. The summed E-state index contributed by atoms with van der Waals surface area (Å²) in [5, 5.41) is 4.46. The molecule has 8 nitrogen and oxygen atoms in total. The van der Waals surface area contributed by atoms with Crippen molar-refractivity contribution in [3.05, 3.63) is 44.3 Å². The molecule has 2 fully saturated rings. The van der Waals surface area contributed by atoms with Crippen LogP contribution in [0.4, 0.5) is 4.39 Å². The van der Waals surface area contributed by atoms with E-state index in [2.05, 4.69) is 10.0 Å². The monoisotopic (exact) mass is 501 g/mol. The van der Waals surface area contributed by atoms with Crippen molar-refractivity contribution in [1.82, 2.24) is 0 Å². The molecule has 0 saturated heterocycles. The highest BCUT2D eigenvalue weighted by Gasteiger charge is 2.86. The van der Waals surface area contributed by atoms with Crippen LogP contribution in [-0.2, 0) is 23.8 Å². The zero-order valence-electron chi connectivity index (χ0n) is 18.6. The molecule has 0 heterocycles. The van der Waals surface area contributed by atoms with Crippen molar-refractivity contribution in [2.45, 2.75) is 63.4 Å². The quantitative estimate of drug-likeness (QED) is 0.175. The largest absolute Gasteiger partial charge is 0.465 e. The maximum Gasteiger partial charge on any atom is 0.344 e. The van der Waals surface area contributed by atoms with Crippen molar-refractivity contribution < 1.29 is 28.2 Å². The molecular weight excluding hydrogens is 476 g/mol. The van der Waals surface area contributed by atoms with Crippen LogP contribution in [0, 0.1) is 11.8 Å². The third-order valence-corrected chi connectivity index (χ3v) is 7.05. The highest BCUT2D eigenvalue weighted by molar-refractivity contribution is 6.42. The molecule has 6 atom stereocenters. The van der Waals surface area contributed by atoms with Gasteiger partial charge in [0.15, 0.2) is 5.54 Å². The van der Waals surface area contributed by atoms with Crippen molar-refractivity contribution in [2.75, 3.05) is 13.2 Å². The Hall–Kier alpha value is -2.06. The lowest BCUT2D eigenvalue weighted by molar-refractivity contribution is -0.165. The Kier molecular flexibility index (Phi) is 7.79. The molecule has 0 N–H and O–H groups in total. The van der Waals surface area contributed by atoms with Gasteiger partial charge in [-0.05, 0) is 49.9 Å². The number of carbonyl (C=O) groups excluding carboxylic acids is 2. The van der Waals surface area contributed by atoms with Gasteiger partial charge in [0.05, 0.1) is 35.5 Å². The predicted octanol–water partition coefficient (Wildman–Crippen LogP) is 5.75. The highest BCUT2D eigenvalue weighted by atomic mass is 35.5. The number of nitrogens with zero attached hydrogens (tertiary/aromatic N) is 3. The zero-order valence-corrected chi connectivity index (χ0v) is 20.1. The molecule has 11 heteroatoms. The minimum Gasteiger partial charge on any atom is -0.465 e. The molecule has 0 unspecified atom stereocenters. The molecule has 33 heavy (non-hydrogen) atoms. The SMILES string of the molecule is CCC[C@@H](O[C@@H]1C[C@@H]2[C@@H]([C@@]2(F)C(=O)OCC)[C@]1(N=[N+]=[N-])C(=O)OCC)c1ccc(Cl)c(Cl)c1. The number of halogens is 3. The summed E-state index contributed by atoms with van der Waals surface area (Å²) >= 11 is 12.2. The van der Waals surface area contributed by atoms with Crippen LogP contribution in [0.3, 0.4) is 0 Å². The average molecular weight is 502 g/mol. The van der Waals surface area contributed by atoms with Crippen LogP contribution in [0.15, 0.2) is 23.3 Å². The molecule has 2 aliphatic rings. The summed E-state index contributed by atoms with van der Waals surface area (Å²) < 4.78 is 32.1. The second-order valence-corrected chi connectivity index (χ2v) is 8.93. The van der Waals surface area contributed by atoms with Gasteiger partial charge in [-0.25, -0.2) is 9.18 Å². The fraction of sp³-hybridized carbons (Fsp3) is 0.636. The highest BCUT2D eigenvalue weighted by Crippen LogP contribution is 2.70. The normalized spacial score (nSPS) is 30.7. The minimum absolute atomic E-state index is 0.0145. The number of fused-ring (bicyclic) bond motifs is 1. The topological polar surface area (TPSA) is 111 Å². The van der Waals surface area contributed by atoms with E-state index in [4.69, 9.17) is 37.4 Å². The van der Waals surface area contributed by atoms with Crippen LogP contribution in [0.1, 0.15) is 51.7 Å².